The Morgan fingerprint density at radius 2 is 2.42 bits per heavy atom. The quantitative estimate of drug-likeness (QED) is 0.793. The highest BCUT2D eigenvalue weighted by Crippen LogP contribution is 2.21. The van der Waals surface area contributed by atoms with Crippen LogP contribution in [0, 0.1) is 5.92 Å². The summed E-state index contributed by atoms with van der Waals surface area (Å²) in [5.74, 6) is 1.54. The summed E-state index contributed by atoms with van der Waals surface area (Å²) in [5, 5.41) is 7.66. The van der Waals surface area contributed by atoms with Crippen LogP contribution >= 0.6 is 0 Å². The van der Waals surface area contributed by atoms with Crippen LogP contribution in [0.5, 0.6) is 0 Å². The summed E-state index contributed by atoms with van der Waals surface area (Å²) in [6, 6.07) is 0. The highest BCUT2D eigenvalue weighted by molar-refractivity contribution is 4.90. The molecule has 0 saturated carbocycles. The normalized spacial score (nSPS) is 23.4. The third-order valence-electron chi connectivity index (χ3n) is 3.46. The summed E-state index contributed by atoms with van der Waals surface area (Å²) in [6.45, 7) is 8.17. The molecule has 0 radical (unpaired) electrons. The lowest BCUT2D eigenvalue weighted by Crippen LogP contribution is -2.43. The minimum Gasteiger partial charge on any atom is -0.378 e. The van der Waals surface area contributed by atoms with Gasteiger partial charge >= 0.3 is 0 Å². The third kappa shape index (κ3) is 3.75. The van der Waals surface area contributed by atoms with Crippen LogP contribution in [-0.4, -0.2) is 47.2 Å². The molecule has 0 aromatic carbocycles. The SMILES string of the molecule is COC1(CNCc2ncnn2CC(C)C)CCOC1. The molecule has 6 heteroatoms. The van der Waals surface area contributed by atoms with E-state index in [1.807, 2.05) is 4.68 Å². The Kier molecular flexibility index (Phi) is 4.90. The molecule has 1 aromatic heterocycles. The van der Waals surface area contributed by atoms with Gasteiger partial charge in [-0.3, -0.25) is 0 Å². The average Bonchev–Trinajstić information content (AvgIpc) is 3.00. The van der Waals surface area contributed by atoms with Gasteiger partial charge in [-0.2, -0.15) is 5.10 Å². The van der Waals surface area contributed by atoms with Crippen molar-refractivity contribution in [2.75, 3.05) is 26.9 Å². The lowest BCUT2D eigenvalue weighted by molar-refractivity contribution is -0.0160. The van der Waals surface area contributed by atoms with Crippen molar-refractivity contribution in [3.63, 3.8) is 0 Å². The van der Waals surface area contributed by atoms with Crippen LogP contribution in [0.25, 0.3) is 0 Å². The predicted octanol–water partition coefficient (Wildman–Crippen LogP) is 0.829. The monoisotopic (exact) mass is 268 g/mol. The van der Waals surface area contributed by atoms with Gasteiger partial charge in [0.2, 0.25) is 0 Å². The van der Waals surface area contributed by atoms with Crippen LogP contribution in [0.2, 0.25) is 0 Å². The van der Waals surface area contributed by atoms with Crippen LogP contribution < -0.4 is 5.32 Å². The Morgan fingerprint density at radius 3 is 3.05 bits per heavy atom. The van der Waals surface area contributed by atoms with Crippen molar-refractivity contribution < 1.29 is 9.47 Å². The second-order valence-electron chi connectivity index (χ2n) is 5.55. The molecule has 19 heavy (non-hydrogen) atoms. The van der Waals surface area contributed by atoms with Crippen LogP contribution in [0.4, 0.5) is 0 Å². The summed E-state index contributed by atoms with van der Waals surface area (Å²) < 4.78 is 13.0. The molecule has 1 N–H and O–H groups in total. The maximum atomic E-state index is 5.58. The second-order valence-corrected chi connectivity index (χ2v) is 5.55. The van der Waals surface area contributed by atoms with E-state index in [2.05, 4.69) is 29.2 Å². The van der Waals surface area contributed by atoms with Gasteiger partial charge in [0, 0.05) is 33.2 Å². The van der Waals surface area contributed by atoms with Gasteiger partial charge in [-0.05, 0) is 5.92 Å². The molecule has 1 atom stereocenters. The van der Waals surface area contributed by atoms with Gasteiger partial charge in [0.15, 0.2) is 0 Å². The standard InChI is InChI=1S/C13H24N4O2/c1-11(2)7-17-12(15-10-16-17)6-14-8-13(18-3)4-5-19-9-13/h10-11,14H,4-9H2,1-3H3. The van der Waals surface area contributed by atoms with E-state index in [0.717, 1.165) is 31.9 Å². The van der Waals surface area contributed by atoms with Gasteiger partial charge in [-0.25, -0.2) is 9.67 Å². The Morgan fingerprint density at radius 1 is 1.58 bits per heavy atom. The maximum absolute atomic E-state index is 5.58. The molecular weight excluding hydrogens is 244 g/mol. The van der Waals surface area contributed by atoms with Crippen molar-refractivity contribution in [3.05, 3.63) is 12.2 Å². The van der Waals surface area contributed by atoms with Crippen molar-refractivity contribution in [1.29, 1.82) is 0 Å². The number of ether oxygens (including phenoxy) is 2. The van der Waals surface area contributed by atoms with Gasteiger partial charge < -0.3 is 14.8 Å². The zero-order valence-electron chi connectivity index (χ0n) is 12.1. The number of hydrogen-bond donors (Lipinski definition) is 1. The van der Waals surface area contributed by atoms with Gasteiger partial charge in [-0.15, -0.1) is 0 Å². The van der Waals surface area contributed by atoms with E-state index in [9.17, 15) is 0 Å². The average molecular weight is 268 g/mol. The molecule has 0 spiro atoms. The second kappa shape index (κ2) is 6.45. The fourth-order valence-electron chi connectivity index (χ4n) is 2.29. The molecule has 2 rings (SSSR count). The molecule has 1 aliphatic rings. The van der Waals surface area contributed by atoms with E-state index in [1.165, 1.54) is 0 Å². The first-order valence-electron chi connectivity index (χ1n) is 6.85. The fourth-order valence-corrected chi connectivity index (χ4v) is 2.29. The van der Waals surface area contributed by atoms with Crippen LogP contribution in [0.15, 0.2) is 6.33 Å². The lowest BCUT2D eigenvalue weighted by atomic mass is 10.0. The molecule has 6 nitrogen and oxygen atoms in total. The van der Waals surface area contributed by atoms with Gasteiger partial charge in [0.1, 0.15) is 17.8 Å². The molecule has 1 aliphatic heterocycles. The van der Waals surface area contributed by atoms with Crippen LogP contribution in [0.3, 0.4) is 0 Å². The summed E-state index contributed by atoms with van der Waals surface area (Å²) in [5.41, 5.74) is -0.178. The molecular formula is C13H24N4O2. The third-order valence-corrected chi connectivity index (χ3v) is 3.46. The Bertz CT molecular complexity index is 386. The molecule has 108 valence electrons. The molecule has 2 heterocycles. The number of methoxy groups -OCH3 is 1. The van der Waals surface area contributed by atoms with E-state index in [1.54, 1.807) is 13.4 Å². The van der Waals surface area contributed by atoms with E-state index in [0.29, 0.717) is 19.1 Å². The topological polar surface area (TPSA) is 61.2 Å². The van der Waals surface area contributed by atoms with Crippen molar-refractivity contribution in [3.8, 4) is 0 Å². The molecule has 0 aliphatic carbocycles. The zero-order chi connectivity index (χ0) is 13.7. The van der Waals surface area contributed by atoms with Gasteiger partial charge in [-0.1, -0.05) is 13.8 Å². The largest absolute Gasteiger partial charge is 0.378 e. The van der Waals surface area contributed by atoms with Crippen LogP contribution in [-0.2, 0) is 22.6 Å². The van der Waals surface area contributed by atoms with Crippen molar-refractivity contribution in [2.45, 2.75) is 39.0 Å². The Hall–Kier alpha value is -0.980. The van der Waals surface area contributed by atoms with E-state index in [4.69, 9.17) is 9.47 Å². The first-order chi connectivity index (χ1) is 9.15. The first kappa shape index (κ1) is 14.4. The molecule has 1 fully saturated rings. The summed E-state index contributed by atoms with van der Waals surface area (Å²) in [6.07, 6.45) is 2.55. The van der Waals surface area contributed by atoms with Crippen molar-refractivity contribution in [1.82, 2.24) is 20.1 Å². The number of aromatic nitrogens is 3. The maximum Gasteiger partial charge on any atom is 0.140 e. The predicted molar refractivity (Wildman–Crippen MR) is 71.7 cm³/mol. The molecule has 1 saturated heterocycles. The minimum atomic E-state index is -0.178. The van der Waals surface area contributed by atoms with E-state index >= 15 is 0 Å². The van der Waals surface area contributed by atoms with Crippen molar-refractivity contribution in [2.24, 2.45) is 5.92 Å². The fraction of sp³-hybridized carbons (Fsp3) is 0.846. The number of nitrogens with zero attached hydrogens (tertiary/aromatic N) is 3. The number of hydrogen-bond acceptors (Lipinski definition) is 5. The first-order valence-corrected chi connectivity index (χ1v) is 6.85. The summed E-state index contributed by atoms with van der Waals surface area (Å²) in [4.78, 5) is 4.30. The van der Waals surface area contributed by atoms with Gasteiger partial charge in [0.05, 0.1) is 13.2 Å². The molecule has 0 amide bonds. The lowest BCUT2D eigenvalue weighted by Gasteiger charge is -2.25. The highest BCUT2D eigenvalue weighted by Gasteiger charge is 2.34. The highest BCUT2D eigenvalue weighted by atomic mass is 16.5. The van der Waals surface area contributed by atoms with Crippen LogP contribution in [0.1, 0.15) is 26.1 Å². The van der Waals surface area contributed by atoms with Crippen molar-refractivity contribution >= 4 is 0 Å². The Labute approximate surface area is 114 Å². The minimum absolute atomic E-state index is 0.178. The Balaban J connectivity index is 1.83. The van der Waals surface area contributed by atoms with Gasteiger partial charge in [0.25, 0.3) is 0 Å². The van der Waals surface area contributed by atoms with E-state index in [-0.39, 0.29) is 5.60 Å². The molecule has 1 aromatic rings. The zero-order valence-corrected chi connectivity index (χ0v) is 12.1. The number of nitrogens with one attached hydrogen (secondary N) is 1. The smallest absolute Gasteiger partial charge is 0.140 e. The summed E-state index contributed by atoms with van der Waals surface area (Å²) in [7, 11) is 1.75. The molecule has 1 unspecified atom stereocenters. The number of rotatable bonds is 7. The summed E-state index contributed by atoms with van der Waals surface area (Å²) >= 11 is 0. The molecule has 0 bridgehead atoms. The van der Waals surface area contributed by atoms with E-state index < -0.39 is 0 Å².